The first-order valence-corrected chi connectivity index (χ1v) is 4.89. The van der Waals surface area contributed by atoms with Crippen LogP contribution in [0.1, 0.15) is 18.5 Å². The van der Waals surface area contributed by atoms with Crippen molar-refractivity contribution in [3.05, 3.63) is 28.2 Å². The second kappa shape index (κ2) is 2.60. The molecule has 1 aliphatic heterocycles. The molecule has 0 amide bonds. The SMILES string of the molecule is O=c1ccc2c([nH]1)CNCC1(CC1)O2. The number of H-pyrrole nitrogens is 1. The summed E-state index contributed by atoms with van der Waals surface area (Å²) in [6.45, 7) is 1.57. The van der Waals surface area contributed by atoms with Crippen LogP contribution in [-0.4, -0.2) is 17.1 Å². The fourth-order valence-electron chi connectivity index (χ4n) is 1.83. The van der Waals surface area contributed by atoms with Crippen molar-refractivity contribution in [1.29, 1.82) is 0 Å². The zero-order chi connectivity index (χ0) is 9.60. The van der Waals surface area contributed by atoms with E-state index in [9.17, 15) is 4.79 Å². The molecule has 3 rings (SSSR count). The summed E-state index contributed by atoms with van der Waals surface area (Å²) in [6.07, 6.45) is 2.22. The Balaban J connectivity index is 2.03. The van der Waals surface area contributed by atoms with Crippen LogP contribution in [0.5, 0.6) is 5.75 Å². The van der Waals surface area contributed by atoms with E-state index in [1.54, 1.807) is 6.07 Å². The van der Waals surface area contributed by atoms with E-state index in [4.69, 9.17) is 4.74 Å². The fourth-order valence-corrected chi connectivity index (χ4v) is 1.83. The van der Waals surface area contributed by atoms with E-state index in [0.717, 1.165) is 30.8 Å². The van der Waals surface area contributed by atoms with Gasteiger partial charge in [0.05, 0.1) is 5.69 Å². The van der Waals surface area contributed by atoms with Gasteiger partial charge >= 0.3 is 0 Å². The van der Waals surface area contributed by atoms with Gasteiger partial charge in [-0.1, -0.05) is 0 Å². The van der Waals surface area contributed by atoms with Gasteiger partial charge in [0.1, 0.15) is 11.4 Å². The second-order valence-electron chi connectivity index (χ2n) is 4.05. The third-order valence-corrected chi connectivity index (χ3v) is 2.84. The molecule has 2 N–H and O–H groups in total. The van der Waals surface area contributed by atoms with Gasteiger partial charge in [0.15, 0.2) is 0 Å². The lowest BCUT2D eigenvalue weighted by Gasteiger charge is -2.14. The molecule has 0 unspecified atom stereocenters. The Morgan fingerprint density at radius 2 is 2.21 bits per heavy atom. The van der Waals surface area contributed by atoms with E-state index in [-0.39, 0.29) is 11.2 Å². The number of aromatic nitrogens is 1. The molecule has 0 atom stereocenters. The molecule has 2 heterocycles. The van der Waals surface area contributed by atoms with Crippen LogP contribution in [0.4, 0.5) is 0 Å². The molecular formula is C10H12N2O2. The lowest BCUT2D eigenvalue weighted by Crippen LogP contribution is -2.29. The summed E-state index contributed by atoms with van der Waals surface area (Å²) in [5, 5.41) is 3.29. The fraction of sp³-hybridized carbons (Fsp3) is 0.500. The Labute approximate surface area is 81.3 Å². The van der Waals surface area contributed by atoms with Crippen LogP contribution in [-0.2, 0) is 6.54 Å². The van der Waals surface area contributed by atoms with Crippen LogP contribution >= 0.6 is 0 Å². The van der Waals surface area contributed by atoms with Gasteiger partial charge in [-0.2, -0.15) is 0 Å². The van der Waals surface area contributed by atoms with Gasteiger partial charge in [0.25, 0.3) is 0 Å². The predicted molar refractivity (Wildman–Crippen MR) is 51.4 cm³/mol. The van der Waals surface area contributed by atoms with Gasteiger partial charge in [-0.15, -0.1) is 0 Å². The number of aromatic amines is 1. The van der Waals surface area contributed by atoms with E-state index in [0.29, 0.717) is 6.54 Å². The summed E-state index contributed by atoms with van der Waals surface area (Å²) < 4.78 is 5.88. The molecule has 4 nitrogen and oxygen atoms in total. The van der Waals surface area contributed by atoms with Gasteiger partial charge in [-0.25, -0.2) is 0 Å². The number of pyridine rings is 1. The minimum Gasteiger partial charge on any atom is -0.484 e. The van der Waals surface area contributed by atoms with Crippen molar-refractivity contribution in [2.24, 2.45) is 0 Å². The predicted octanol–water partition coefficient (Wildman–Crippen LogP) is 0.389. The quantitative estimate of drug-likeness (QED) is 0.625. The van der Waals surface area contributed by atoms with Crippen molar-refractivity contribution < 1.29 is 4.74 Å². The van der Waals surface area contributed by atoms with Crippen molar-refractivity contribution in [3.63, 3.8) is 0 Å². The third kappa shape index (κ3) is 1.23. The second-order valence-corrected chi connectivity index (χ2v) is 4.05. The van der Waals surface area contributed by atoms with Gasteiger partial charge in [-0.05, 0) is 18.9 Å². The Morgan fingerprint density at radius 3 is 3.00 bits per heavy atom. The van der Waals surface area contributed by atoms with Crippen molar-refractivity contribution in [3.8, 4) is 5.75 Å². The monoisotopic (exact) mass is 192 g/mol. The maximum absolute atomic E-state index is 11.1. The van der Waals surface area contributed by atoms with Gasteiger partial charge in [0, 0.05) is 19.2 Å². The lowest BCUT2D eigenvalue weighted by molar-refractivity contribution is 0.183. The Morgan fingerprint density at radius 1 is 1.36 bits per heavy atom. The first-order valence-electron chi connectivity index (χ1n) is 4.89. The zero-order valence-corrected chi connectivity index (χ0v) is 7.80. The van der Waals surface area contributed by atoms with Gasteiger partial charge in [-0.3, -0.25) is 4.79 Å². The summed E-state index contributed by atoms with van der Waals surface area (Å²) in [6, 6.07) is 3.28. The lowest BCUT2D eigenvalue weighted by atomic mass is 10.3. The molecule has 0 bridgehead atoms. The van der Waals surface area contributed by atoms with E-state index in [2.05, 4.69) is 10.3 Å². The smallest absolute Gasteiger partial charge is 0.248 e. The van der Waals surface area contributed by atoms with Gasteiger partial charge < -0.3 is 15.0 Å². The summed E-state index contributed by atoms with van der Waals surface area (Å²) in [7, 11) is 0. The highest BCUT2D eigenvalue weighted by atomic mass is 16.5. The Bertz CT molecular complexity index is 420. The molecule has 2 aliphatic rings. The van der Waals surface area contributed by atoms with Crippen LogP contribution < -0.4 is 15.6 Å². The van der Waals surface area contributed by atoms with Crippen molar-refractivity contribution in [1.82, 2.24) is 10.3 Å². The van der Waals surface area contributed by atoms with E-state index < -0.39 is 0 Å². The molecule has 14 heavy (non-hydrogen) atoms. The molecule has 74 valence electrons. The van der Waals surface area contributed by atoms with Crippen LogP contribution in [0, 0.1) is 0 Å². The van der Waals surface area contributed by atoms with E-state index in [1.807, 2.05) is 0 Å². The summed E-state index contributed by atoms with van der Waals surface area (Å²) in [5.41, 5.74) is 0.811. The molecule has 0 saturated heterocycles. The molecule has 1 spiro atoms. The molecule has 1 saturated carbocycles. The van der Waals surface area contributed by atoms with Crippen LogP contribution in [0.3, 0.4) is 0 Å². The maximum Gasteiger partial charge on any atom is 0.248 e. The summed E-state index contributed by atoms with van der Waals surface area (Å²) in [4.78, 5) is 13.9. The number of ether oxygens (including phenoxy) is 1. The van der Waals surface area contributed by atoms with Crippen molar-refractivity contribution in [2.75, 3.05) is 6.54 Å². The highest BCUT2D eigenvalue weighted by Crippen LogP contribution is 2.41. The molecular weight excluding hydrogens is 180 g/mol. The standard InChI is InChI=1S/C10H12N2O2/c13-9-2-1-8-7(12-9)5-11-6-10(14-8)3-4-10/h1-2,11H,3-6H2,(H,12,13). The first kappa shape index (κ1) is 8.05. The molecule has 1 aromatic rings. The molecule has 1 aromatic heterocycles. The summed E-state index contributed by atoms with van der Waals surface area (Å²) in [5.74, 6) is 0.826. The Hall–Kier alpha value is -1.29. The summed E-state index contributed by atoms with van der Waals surface area (Å²) >= 11 is 0. The largest absolute Gasteiger partial charge is 0.484 e. The van der Waals surface area contributed by atoms with Crippen molar-refractivity contribution in [2.45, 2.75) is 25.0 Å². The molecule has 1 aliphatic carbocycles. The molecule has 4 heteroatoms. The van der Waals surface area contributed by atoms with Crippen molar-refractivity contribution >= 4 is 0 Å². The van der Waals surface area contributed by atoms with Crippen LogP contribution in [0.15, 0.2) is 16.9 Å². The average Bonchev–Trinajstić information content (AvgIpc) is 2.93. The zero-order valence-electron chi connectivity index (χ0n) is 7.80. The Kier molecular flexibility index (Phi) is 1.50. The third-order valence-electron chi connectivity index (χ3n) is 2.84. The topological polar surface area (TPSA) is 54.1 Å². The number of fused-ring (bicyclic) bond motifs is 1. The minimum absolute atomic E-state index is 0.0174. The first-order chi connectivity index (χ1) is 6.77. The maximum atomic E-state index is 11.1. The molecule has 0 aromatic carbocycles. The van der Waals surface area contributed by atoms with E-state index >= 15 is 0 Å². The number of rotatable bonds is 0. The highest BCUT2D eigenvalue weighted by molar-refractivity contribution is 5.30. The van der Waals surface area contributed by atoms with Gasteiger partial charge in [0.2, 0.25) is 5.56 Å². The minimum atomic E-state index is -0.0686. The molecule has 0 radical (unpaired) electrons. The van der Waals surface area contributed by atoms with E-state index in [1.165, 1.54) is 6.07 Å². The van der Waals surface area contributed by atoms with Crippen LogP contribution in [0.25, 0.3) is 0 Å². The normalized spacial score (nSPS) is 22.3. The number of nitrogens with one attached hydrogen (secondary N) is 2. The van der Waals surface area contributed by atoms with Crippen LogP contribution in [0.2, 0.25) is 0 Å². The highest BCUT2D eigenvalue weighted by Gasteiger charge is 2.46. The molecule has 1 fully saturated rings. The number of hydrogen-bond acceptors (Lipinski definition) is 3. The number of hydrogen-bond donors (Lipinski definition) is 2. The average molecular weight is 192 g/mol.